The first-order valence-electron chi connectivity index (χ1n) is 9.56. The van der Waals surface area contributed by atoms with Crippen molar-refractivity contribution < 1.29 is 9.53 Å². The van der Waals surface area contributed by atoms with Gasteiger partial charge in [0.25, 0.3) is 0 Å². The third kappa shape index (κ3) is 4.01. The predicted octanol–water partition coefficient (Wildman–Crippen LogP) is 3.70. The minimum Gasteiger partial charge on any atom is -0.444 e. The minimum absolute atomic E-state index is 0.148. The van der Waals surface area contributed by atoms with E-state index in [1.165, 1.54) is 32.1 Å². The van der Waals surface area contributed by atoms with E-state index < -0.39 is 5.60 Å². The molecule has 0 radical (unpaired) electrons. The van der Waals surface area contributed by atoms with Gasteiger partial charge in [-0.05, 0) is 90.0 Å². The third-order valence-corrected chi connectivity index (χ3v) is 6.18. The molecule has 132 valence electrons. The lowest BCUT2D eigenvalue weighted by Crippen LogP contribution is -2.42. The molecule has 0 spiro atoms. The van der Waals surface area contributed by atoms with Crippen LogP contribution in [0.4, 0.5) is 4.79 Å². The van der Waals surface area contributed by atoms with Gasteiger partial charge in [0.15, 0.2) is 0 Å². The fourth-order valence-electron chi connectivity index (χ4n) is 5.37. The van der Waals surface area contributed by atoms with Gasteiger partial charge in [0.05, 0.1) is 0 Å². The minimum atomic E-state index is -0.428. The molecule has 3 aliphatic rings. The molecule has 0 aromatic rings. The van der Waals surface area contributed by atoms with E-state index in [9.17, 15) is 4.79 Å². The van der Waals surface area contributed by atoms with Gasteiger partial charge >= 0.3 is 6.09 Å². The third-order valence-electron chi connectivity index (χ3n) is 6.18. The largest absolute Gasteiger partial charge is 0.444 e. The van der Waals surface area contributed by atoms with Gasteiger partial charge in [-0.1, -0.05) is 6.42 Å². The summed E-state index contributed by atoms with van der Waals surface area (Å²) in [4.78, 5) is 11.8. The molecular formula is C19H34N2O2. The highest BCUT2D eigenvalue weighted by Crippen LogP contribution is 2.58. The molecule has 0 saturated heterocycles. The van der Waals surface area contributed by atoms with Crippen LogP contribution in [-0.2, 0) is 4.74 Å². The van der Waals surface area contributed by atoms with Crippen LogP contribution in [0.1, 0.15) is 66.2 Å². The van der Waals surface area contributed by atoms with Crippen LogP contribution in [0.3, 0.4) is 0 Å². The van der Waals surface area contributed by atoms with E-state index in [-0.39, 0.29) is 12.1 Å². The molecule has 0 aromatic heterocycles. The Bertz CT molecular complexity index is 432. The summed E-state index contributed by atoms with van der Waals surface area (Å²) in [5.41, 5.74) is -0.428. The Balaban J connectivity index is 1.35. The lowest BCUT2D eigenvalue weighted by atomic mass is 9.79. The number of rotatable bonds is 5. The monoisotopic (exact) mass is 322 g/mol. The number of ether oxygens (including phenoxy) is 1. The van der Waals surface area contributed by atoms with Crippen LogP contribution in [0, 0.1) is 23.7 Å². The molecule has 3 fully saturated rings. The molecule has 0 aliphatic heterocycles. The number of fused-ring (bicyclic) bond motifs is 5. The van der Waals surface area contributed by atoms with E-state index in [2.05, 4.69) is 17.6 Å². The lowest BCUT2D eigenvalue weighted by molar-refractivity contribution is 0.0506. The summed E-state index contributed by atoms with van der Waals surface area (Å²) in [5, 5.41) is 6.72. The zero-order chi connectivity index (χ0) is 16.6. The molecule has 4 nitrogen and oxygen atoms in total. The highest BCUT2D eigenvalue weighted by atomic mass is 16.6. The molecule has 6 atom stereocenters. The standard InChI is InChI=1S/C19H34N2O2/c1-12(21-18(22)23-19(2,3)4)8-9-20-17-11-13-10-16(17)15-7-5-6-14(13)15/h12-17,20H,5-11H2,1-4H3,(H,21,22). The number of amides is 1. The zero-order valence-corrected chi connectivity index (χ0v) is 15.2. The van der Waals surface area contributed by atoms with Crippen LogP contribution in [0.25, 0.3) is 0 Å². The Kier molecular flexibility index (Phi) is 4.91. The van der Waals surface area contributed by atoms with E-state index in [1.54, 1.807) is 0 Å². The molecule has 0 heterocycles. The Morgan fingerprint density at radius 1 is 1.17 bits per heavy atom. The second kappa shape index (κ2) is 6.62. The average molecular weight is 322 g/mol. The average Bonchev–Trinajstić information content (AvgIpc) is 3.08. The van der Waals surface area contributed by atoms with Crippen LogP contribution in [0.2, 0.25) is 0 Å². The van der Waals surface area contributed by atoms with Crippen molar-refractivity contribution in [3.05, 3.63) is 0 Å². The molecule has 23 heavy (non-hydrogen) atoms. The van der Waals surface area contributed by atoms with Gasteiger partial charge in [-0.3, -0.25) is 0 Å². The molecule has 6 unspecified atom stereocenters. The molecular weight excluding hydrogens is 288 g/mol. The van der Waals surface area contributed by atoms with Gasteiger partial charge in [-0.2, -0.15) is 0 Å². The Morgan fingerprint density at radius 3 is 2.65 bits per heavy atom. The van der Waals surface area contributed by atoms with Crippen molar-refractivity contribution in [1.29, 1.82) is 0 Å². The normalized spacial score (nSPS) is 36.8. The number of hydrogen-bond donors (Lipinski definition) is 2. The van der Waals surface area contributed by atoms with E-state index in [1.807, 2.05) is 20.8 Å². The summed E-state index contributed by atoms with van der Waals surface area (Å²) in [6.45, 7) is 8.72. The first kappa shape index (κ1) is 17.1. The number of alkyl carbamates (subject to hydrolysis) is 1. The fraction of sp³-hybridized carbons (Fsp3) is 0.947. The van der Waals surface area contributed by atoms with Crippen LogP contribution >= 0.6 is 0 Å². The molecule has 3 rings (SSSR count). The summed E-state index contributed by atoms with van der Waals surface area (Å²) in [6.07, 6.45) is 7.94. The van der Waals surface area contributed by atoms with Gasteiger partial charge in [0, 0.05) is 12.1 Å². The SMILES string of the molecule is CC(CCNC1CC2CC1C1CCCC21)NC(=O)OC(C)(C)C. The molecule has 4 heteroatoms. The van der Waals surface area contributed by atoms with Crippen molar-refractivity contribution in [3.8, 4) is 0 Å². The van der Waals surface area contributed by atoms with Crippen LogP contribution in [0.5, 0.6) is 0 Å². The highest BCUT2D eigenvalue weighted by molar-refractivity contribution is 5.67. The van der Waals surface area contributed by atoms with E-state index in [4.69, 9.17) is 4.74 Å². The van der Waals surface area contributed by atoms with Crippen molar-refractivity contribution in [2.75, 3.05) is 6.54 Å². The molecule has 1 amide bonds. The number of hydrogen-bond acceptors (Lipinski definition) is 3. The predicted molar refractivity (Wildman–Crippen MR) is 92.3 cm³/mol. The second-order valence-electron chi connectivity index (χ2n) is 9.05. The van der Waals surface area contributed by atoms with Crippen molar-refractivity contribution in [1.82, 2.24) is 10.6 Å². The summed E-state index contributed by atoms with van der Waals surface area (Å²) in [7, 11) is 0. The molecule has 0 aromatic carbocycles. The second-order valence-corrected chi connectivity index (χ2v) is 9.05. The summed E-state index contributed by atoms with van der Waals surface area (Å²) in [5.74, 6) is 4.01. The molecule has 3 saturated carbocycles. The van der Waals surface area contributed by atoms with Crippen LogP contribution in [-0.4, -0.2) is 30.3 Å². The van der Waals surface area contributed by atoms with E-state index >= 15 is 0 Å². The zero-order valence-electron chi connectivity index (χ0n) is 15.2. The van der Waals surface area contributed by atoms with Crippen molar-refractivity contribution in [2.45, 2.75) is 83.9 Å². The van der Waals surface area contributed by atoms with Gasteiger partial charge in [0.2, 0.25) is 0 Å². The number of nitrogens with one attached hydrogen (secondary N) is 2. The Labute approximate surface area is 141 Å². The molecule has 2 N–H and O–H groups in total. The maximum absolute atomic E-state index is 11.8. The van der Waals surface area contributed by atoms with E-state index in [0.717, 1.165) is 42.7 Å². The summed E-state index contributed by atoms with van der Waals surface area (Å²) in [6, 6.07) is 0.878. The van der Waals surface area contributed by atoms with Gasteiger partial charge < -0.3 is 15.4 Å². The van der Waals surface area contributed by atoms with Crippen molar-refractivity contribution in [2.24, 2.45) is 23.7 Å². The van der Waals surface area contributed by atoms with Gasteiger partial charge in [0.1, 0.15) is 5.60 Å². The Hall–Kier alpha value is -0.770. The van der Waals surface area contributed by atoms with Gasteiger partial charge in [-0.15, -0.1) is 0 Å². The summed E-state index contributed by atoms with van der Waals surface area (Å²) < 4.78 is 5.31. The topological polar surface area (TPSA) is 50.4 Å². The first-order valence-corrected chi connectivity index (χ1v) is 9.56. The quantitative estimate of drug-likeness (QED) is 0.811. The van der Waals surface area contributed by atoms with Crippen LogP contribution in [0.15, 0.2) is 0 Å². The number of carbonyl (C=O) groups excluding carboxylic acids is 1. The van der Waals surface area contributed by atoms with Gasteiger partial charge in [-0.25, -0.2) is 4.79 Å². The maximum Gasteiger partial charge on any atom is 0.407 e. The smallest absolute Gasteiger partial charge is 0.407 e. The molecule has 2 bridgehead atoms. The highest BCUT2D eigenvalue weighted by Gasteiger charge is 2.53. The van der Waals surface area contributed by atoms with Crippen LogP contribution < -0.4 is 10.6 Å². The fourth-order valence-corrected chi connectivity index (χ4v) is 5.37. The van der Waals surface area contributed by atoms with E-state index in [0.29, 0.717) is 0 Å². The van der Waals surface area contributed by atoms with Crippen molar-refractivity contribution in [3.63, 3.8) is 0 Å². The Morgan fingerprint density at radius 2 is 1.91 bits per heavy atom. The maximum atomic E-state index is 11.8. The first-order chi connectivity index (χ1) is 10.8. The molecule has 3 aliphatic carbocycles. The lowest BCUT2D eigenvalue weighted by Gasteiger charge is -2.32. The van der Waals surface area contributed by atoms with Crippen molar-refractivity contribution >= 4 is 6.09 Å². The summed E-state index contributed by atoms with van der Waals surface area (Å²) >= 11 is 0. The number of carbonyl (C=O) groups is 1.